The molecule has 1 aromatic heterocycles. The molecule has 0 fully saturated rings. The number of nitrogens with one attached hydrogen (secondary N) is 1. The Hall–Kier alpha value is -2.47. The summed E-state index contributed by atoms with van der Waals surface area (Å²) in [7, 11) is 0. The van der Waals surface area contributed by atoms with Crippen LogP contribution in [0.4, 0.5) is 0 Å². The topological polar surface area (TPSA) is 66.5 Å². The smallest absolute Gasteiger partial charge is 0.261 e. The van der Waals surface area contributed by atoms with E-state index in [-0.39, 0.29) is 36.7 Å². The van der Waals surface area contributed by atoms with E-state index in [2.05, 4.69) is 5.32 Å². The lowest BCUT2D eigenvalue weighted by molar-refractivity contribution is -0.121. The van der Waals surface area contributed by atoms with Gasteiger partial charge in [-0.25, -0.2) is 0 Å². The first-order chi connectivity index (χ1) is 11.6. The molecular weight excluding hydrogens is 324 g/mol. The predicted octanol–water partition coefficient (Wildman–Crippen LogP) is 3.00. The second-order valence-corrected chi connectivity index (χ2v) is 6.69. The highest BCUT2D eigenvalue weighted by molar-refractivity contribution is 7.10. The van der Waals surface area contributed by atoms with Gasteiger partial charge in [0.1, 0.15) is 0 Å². The molecule has 0 aliphatic carbocycles. The molecule has 0 saturated heterocycles. The van der Waals surface area contributed by atoms with E-state index in [0.717, 1.165) is 4.88 Å². The molecule has 124 valence electrons. The highest BCUT2D eigenvalue weighted by Crippen LogP contribution is 2.23. The van der Waals surface area contributed by atoms with Gasteiger partial charge in [0.2, 0.25) is 5.91 Å². The maximum atomic E-state index is 12.2. The molecule has 1 aliphatic heterocycles. The van der Waals surface area contributed by atoms with Crippen molar-refractivity contribution in [1.82, 2.24) is 10.2 Å². The summed E-state index contributed by atoms with van der Waals surface area (Å²) in [6.07, 6.45) is 0.734. The zero-order chi connectivity index (χ0) is 17.1. The lowest BCUT2D eigenvalue weighted by Gasteiger charge is -2.15. The summed E-state index contributed by atoms with van der Waals surface area (Å²) in [6, 6.07) is 10.7. The number of hydrogen-bond acceptors (Lipinski definition) is 4. The molecule has 1 unspecified atom stereocenters. The molecule has 0 spiro atoms. The van der Waals surface area contributed by atoms with Crippen LogP contribution in [0.15, 0.2) is 41.8 Å². The van der Waals surface area contributed by atoms with Crippen molar-refractivity contribution in [1.29, 1.82) is 0 Å². The average molecular weight is 342 g/mol. The number of carbonyl (C=O) groups is 3. The number of imide groups is 1. The largest absolute Gasteiger partial charge is 0.349 e. The van der Waals surface area contributed by atoms with E-state index in [9.17, 15) is 14.4 Å². The fourth-order valence-electron chi connectivity index (χ4n) is 2.76. The van der Waals surface area contributed by atoms with Gasteiger partial charge >= 0.3 is 0 Å². The molecule has 24 heavy (non-hydrogen) atoms. The van der Waals surface area contributed by atoms with Gasteiger partial charge in [-0.2, -0.15) is 0 Å². The minimum atomic E-state index is -0.275. The summed E-state index contributed by atoms with van der Waals surface area (Å²) in [5, 5.41) is 4.90. The minimum absolute atomic E-state index is 0.0307. The third kappa shape index (κ3) is 3.23. The van der Waals surface area contributed by atoms with E-state index >= 15 is 0 Å². The Morgan fingerprint density at radius 2 is 1.79 bits per heavy atom. The van der Waals surface area contributed by atoms with Crippen LogP contribution in [0.5, 0.6) is 0 Å². The van der Waals surface area contributed by atoms with Gasteiger partial charge in [-0.05, 0) is 36.9 Å². The molecule has 1 N–H and O–H groups in total. The minimum Gasteiger partial charge on any atom is -0.349 e. The molecular formula is C18H18N2O3S. The zero-order valence-corrected chi connectivity index (χ0v) is 14.1. The first-order valence-electron chi connectivity index (χ1n) is 7.86. The Balaban J connectivity index is 1.50. The van der Waals surface area contributed by atoms with Crippen LogP contribution in [0.25, 0.3) is 0 Å². The van der Waals surface area contributed by atoms with Gasteiger partial charge in [0, 0.05) is 17.8 Å². The normalized spacial score (nSPS) is 14.6. The van der Waals surface area contributed by atoms with Gasteiger partial charge < -0.3 is 5.32 Å². The van der Waals surface area contributed by atoms with E-state index < -0.39 is 0 Å². The number of amides is 3. The number of carbonyl (C=O) groups excluding carboxylic acids is 3. The first-order valence-corrected chi connectivity index (χ1v) is 8.74. The van der Waals surface area contributed by atoms with Crippen molar-refractivity contribution in [3.05, 3.63) is 57.8 Å². The molecule has 2 aromatic rings. The summed E-state index contributed by atoms with van der Waals surface area (Å²) in [6.45, 7) is 2.20. The Morgan fingerprint density at radius 3 is 2.38 bits per heavy atom. The van der Waals surface area contributed by atoms with E-state index in [1.165, 1.54) is 4.90 Å². The fourth-order valence-corrected chi connectivity index (χ4v) is 3.50. The van der Waals surface area contributed by atoms with Crippen LogP contribution in [0.2, 0.25) is 0 Å². The maximum absolute atomic E-state index is 12.2. The van der Waals surface area contributed by atoms with E-state index in [0.29, 0.717) is 17.5 Å². The highest BCUT2D eigenvalue weighted by atomic mass is 32.1. The molecule has 1 aromatic carbocycles. The molecule has 3 amide bonds. The van der Waals surface area contributed by atoms with Gasteiger partial charge in [-0.1, -0.05) is 18.2 Å². The average Bonchev–Trinajstić information content (AvgIpc) is 3.19. The van der Waals surface area contributed by atoms with Crippen LogP contribution in [0, 0.1) is 0 Å². The van der Waals surface area contributed by atoms with Crippen LogP contribution < -0.4 is 5.32 Å². The molecule has 0 bridgehead atoms. The van der Waals surface area contributed by atoms with Crippen molar-refractivity contribution in [3.8, 4) is 0 Å². The summed E-state index contributed by atoms with van der Waals surface area (Å²) in [5.74, 6) is -0.626. The molecule has 1 aliphatic rings. The molecule has 0 saturated carbocycles. The van der Waals surface area contributed by atoms with Crippen LogP contribution in [-0.4, -0.2) is 29.2 Å². The predicted molar refractivity (Wildman–Crippen MR) is 91.9 cm³/mol. The number of nitrogens with zero attached hydrogens (tertiary/aromatic N) is 1. The second-order valence-electron chi connectivity index (χ2n) is 5.72. The summed E-state index contributed by atoms with van der Waals surface area (Å²) in [4.78, 5) is 38.8. The second kappa shape index (κ2) is 6.97. The number of thiophene rings is 1. The van der Waals surface area contributed by atoms with Crippen molar-refractivity contribution >= 4 is 29.1 Å². The van der Waals surface area contributed by atoms with E-state index in [4.69, 9.17) is 0 Å². The Bertz CT molecular complexity index is 735. The number of fused-ring (bicyclic) bond motifs is 1. The Morgan fingerprint density at radius 1 is 1.12 bits per heavy atom. The fraction of sp³-hybridized carbons (Fsp3) is 0.278. The molecule has 3 rings (SSSR count). The highest BCUT2D eigenvalue weighted by Gasteiger charge is 2.34. The lowest BCUT2D eigenvalue weighted by Crippen LogP contribution is -2.32. The molecule has 6 heteroatoms. The van der Waals surface area contributed by atoms with Gasteiger partial charge in [-0.15, -0.1) is 11.3 Å². The van der Waals surface area contributed by atoms with Gasteiger partial charge in [0.05, 0.1) is 17.2 Å². The third-order valence-corrected chi connectivity index (χ3v) is 5.07. The molecule has 1 atom stereocenters. The third-order valence-electron chi connectivity index (χ3n) is 4.01. The summed E-state index contributed by atoms with van der Waals surface area (Å²) in [5.41, 5.74) is 0.886. The molecule has 5 nitrogen and oxygen atoms in total. The monoisotopic (exact) mass is 342 g/mol. The quantitative estimate of drug-likeness (QED) is 0.821. The zero-order valence-electron chi connectivity index (χ0n) is 13.3. The number of rotatable bonds is 6. The Kier molecular flexibility index (Phi) is 4.76. The SMILES string of the molecule is CC(NC(=O)CCCN1C(=O)c2ccccc2C1=O)c1cccs1. The van der Waals surface area contributed by atoms with Gasteiger partial charge in [-0.3, -0.25) is 19.3 Å². The van der Waals surface area contributed by atoms with Crippen LogP contribution in [0.1, 0.15) is 51.4 Å². The van der Waals surface area contributed by atoms with Crippen LogP contribution >= 0.6 is 11.3 Å². The molecule has 2 heterocycles. The van der Waals surface area contributed by atoms with Crippen molar-refractivity contribution in [2.24, 2.45) is 0 Å². The van der Waals surface area contributed by atoms with Crippen LogP contribution in [-0.2, 0) is 4.79 Å². The van der Waals surface area contributed by atoms with Gasteiger partial charge in [0.25, 0.3) is 11.8 Å². The molecule has 0 radical (unpaired) electrons. The summed E-state index contributed by atoms with van der Waals surface area (Å²) >= 11 is 1.60. The first kappa shape index (κ1) is 16.4. The van der Waals surface area contributed by atoms with Crippen molar-refractivity contribution in [3.63, 3.8) is 0 Å². The number of benzene rings is 1. The Labute approximate surface area is 144 Å². The maximum Gasteiger partial charge on any atom is 0.261 e. The van der Waals surface area contributed by atoms with Crippen molar-refractivity contribution in [2.45, 2.75) is 25.8 Å². The van der Waals surface area contributed by atoms with E-state index in [1.807, 2.05) is 24.4 Å². The van der Waals surface area contributed by atoms with Gasteiger partial charge in [0.15, 0.2) is 0 Å². The van der Waals surface area contributed by atoms with E-state index in [1.54, 1.807) is 35.6 Å². The number of hydrogen-bond donors (Lipinski definition) is 1. The summed E-state index contributed by atoms with van der Waals surface area (Å²) < 4.78 is 0. The van der Waals surface area contributed by atoms with Crippen molar-refractivity contribution in [2.75, 3.05) is 6.54 Å². The standard InChI is InChI=1S/C18H18N2O3S/c1-12(15-8-5-11-24-15)19-16(21)9-4-10-20-17(22)13-6-2-3-7-14(13)18(20)23/h2-3,5-8,11-12H,4,9-10H2,1H3,(H,19,21). The van der Waals surface area contributed by atoms with Crippen molar-refractivity contribution < 1.29 is 14.4 Å². The van der Waals surface area contributed by atoms with Crippen LogP contribution in [0.3, 0.4) is 0 Å². The lowest BCUT2D eigenvalue weighted by atomic mass is 10.1.